The molecule has 0 saturated carbocycles. The van der Waals surface area contributed by atoms with Crippen LogP contribution in [0.5, 0.6) is 0 Å². The van der Waals surface area contributed by atoms with E-state index in [-0.39, 0.29) is 23.7 Å². The van der Waals surface area contributed by atoms with Crippen LogP contribution in [0.1, 0.15) is 16.5 Å². The molecule has 0 radical (unpaired) electrons. The predicted octanol–water partition coefficient (Wildman–Crippen LogP) is 1.43. The van der Waals surface area contributed by atoms with Crippen molar-refractivity contribution in [1.29, 1.82) is 0 Å². The smallest absolute Gasteiger partial charge is 0.242 e. The lowest BCUT2D eigenvalue weighted by atomic mass is 10.1. The Morgan fingerprint density at radius 3 is 2.77 bits per heavy atom. The van der Waals surface area contributed by atoms with E-state index >= 15 is 0 Å². The van der Waals surface area contributed by atoms with Crippen LogP contribution in [0.15, 0.2) is 24.3 Å². The summed E-state index contributed by atoms with van der Waals surface area (Å²) in [6.07, 6.45) is 0. The Labute approximate surface area is 134 Å². The van der Waals surface area contributed by atoms with Gasteiger partial charge in [0.15, 0.2) is 0 Å². The van der Waals surface area contributed by atoms with E-state index in [9.17, 15) is 9.59 Å². The summed E-state index contributed by atoms with van der Waals surface area (Å²) in [5, 5.41) is -0.0568. The quantitative estimate of drug-likeness (QED) is 0.845. The molecule has 6 heteroatoms. The zero-order valence-corrected chi connectivity index (χ0v) is 13.5. The van der Waals surface area contributed by atoms with Gasteiger partial charge in [-0.2, -0.15) is 0 Å². The predicted molar refractivity (Wildman–Crippen MR) is 85.5 cm³/mol. The number of nitrogens with zero attached hydrogens (tertiary/aromatic N) is 2. The maximum Gasteiger partial charge on any atom is 0.242 e. The Morgan fingerprint density at radius 1 is 1.32 bits per heavy atom. The highest BCUT2D eigenvalue weighted by Crippen LogP contribution is 2.39. The van der Waals surface area contributed by atoms with E-state index in [2.05, 4.69) is 0 Å². The number of rotatable bonds is 3. The third-order valence-electron chi connectivity index (χ3n) is 4.09. The third kappa shape index (κ3) is 3.13. The summed E-state index contributed by atoms with van der Waals surface area (Å²) < 4.78 is 5.27. The Balaban J connectivity index is 1.74. The van der Waals surface area contributed by atoms with Crippen molar-refractivity contribution in [3.05, 3.63) is 35.4 Å². The Bertz CT molecular complexity index is 572. The first kappa shape index (κ1) is 15.4. The molecule has 0 unspecified atom stereocenters. The van der Waals surface area contributed by atoms with Gasteiger partial charge >= 0.3 is 0 Å². The fourth-order valence-corrected chi connectivity index (χ4v) is 4.09. The highest BCUT2D eigenvalue weighted by Gasteiger charge is 2.35. The van der Waals surface area contributed by atoms with Gasteiger partial charge in [0, 0.05) is 13.1 Å². The van der Waals surface area contributed by atoms with Crippen molar-refractivity contribution in [1.82, 2.24) is 9.80 Å². The van der Waals surface area contributed by atoms with E-state index in [1.807, 2.05) is 31.2 Å². The van der Waals surface area contributed by atoms with E-state index in [1.54, 1.807) is 21.6 Å². The van der Waals surface area contributed by atoms with Crippen molar-refractivity contribution < 1.29 is 14.3 Å². The largest absolute Gasteiger partial charge is 0.378 e. The summed E-state index contributed by atoms with van der Waals surface area (Å²) in [5.41, 5.74) is 2.27. The van der Waals surface area contributed by atoms with Crippen molar-refractivity contribution in [2.24, 2.45) is 0 Å². The third-order valence-corrected chi connectivity index (χ3v) is 5.33. The number of carbonyl (C=O) groups is 2. The molecule has 3 rings (SSSR count). The minimum absolute atomic E-state index is 0.0118. The lowest BCUT2D eigenvalue weighted by Gasteiger charge is -2.30. The molecule has 2 amide bonds. The van der Waals surface area contributed by atoms with Crippen LogP contribution in [0.2, 0.25) is 0 Å². The molecule has 118 valence electrons. The van der Waals surface area contributed by atoms with Crippen molar-refractivity contribution in [2.45, 2.75) is 12.3 Å². The van der Waals surface area contributed by atoms with Crippen LogP contribution >= 0.6 is 11.8 Å². The normalized spacial score (nSPS) is 22.2. The molecule has 0 bridgehead atoms. The number of benzene rings is 1. The molecule has 0 spiro atoms. The first-order valence-electron chi connectivity index (χ1n) is 7.49. The average Bonchev–Trinajstić information content (AvgIpc) is 2.90. The molecule has 1 atom stereocenters. The standard InChI is InChI=1S/C16H20N2O3S/c1-12-4-2-3-5-13(12)16-18(15(20)11-22-16)10-14(19)17-6-8-21-9-7-17/h2-5,16H,6-11H2,1H3/t16-/m0/s1. The van der Waals surface area contributed by atoms with Crippen LogP contribution in [-0.4, -0.2) is 60.2 Å². The van der Waals surface area contributed by atoms with Crippen LogP contribution in [0.4, 0.5) is 0 Å². The second kappa shape index (κ2) is 6.71. The minimum Gasteiger partial charge on any atom is -0.378 e. The lowest BCUT2D eigenvalue weighted by molar-refractivity contribution is -0.141. The van der Waals surface area contributed by atoms with Crippen LogP contribution in [-0.2, 0) is 14.3 Å². The van der Waals surface area contributed by atoms with Gasteiger partial charge in [0.25, 0.3) is 0 Å². The fraction of sp³-hybridized carbons (Fsp3) is 0.500. The number of thioether (sulfide) groups is 1. The molecule has 0 aromatic heterocycles. The average molecular weight is 320 g/mol. The summed E-state index contributed by atoms with van der Waals surface area (Å²) in [5.74, 6) is 0.493. The molecule has 5 nitrogen and oxygen atoms in total. The second-order valence-electron chi connectivity index (χ2n) is 5.53. The van der Waals surface area contributed by atoms with Crippen LogP contribution in [0.25, 0.3) is 0 Å². The molecule has 1 aromatic rings. The van der Waals surface area contributed by atoms with Gasteiger partial charge in [0.05, 0.1) is 19.0 Å². The number of aryl methyl sites for hydroxylation is 1. The zero-order valence-electron chi connectivity index (χ0n) is 12.7. The highest BCUT2D eigenvalue weighted by atomic mass is 32.2. The number of morpholine rings is 1. The van der Waals surface area contributed by atoms with E-state index in [4.69, 9.17) is 4.74 Å². The molecule has 0 aliphatic carbocycles. The van der Waals surface area contributed by atoms with E-state index in [1.165, 1.54) is 0 Å². The highest BCUT2D eigenvalue weighted by molar-refractivity contribution is 8.00. The number of amides is 2. The molecule has 2 aliphatic heterocycles. The van der Waals surface area contributed by atoms with E-state index in [0.29, 0.717) is 32.1 Å². The van der Waals surface area contributed by atoms with E-state index < -0.39 is 0 Å². The first-order valence-corrected chi connectivity index (χ1v) is 8.54. The van der Waals surface area contributed by atoms with Crippen molar-refractivity contribution >= 4 is 23.6 Å². The fourth-order valence-electron chi connectivity index (χ4n) is 2.80. The summed E-state index contributed by atoms with van der Waals surface area (Å²) in [7, 11) is 0. The van der Waals surface area contributed by atoms with Gasteiger partial charge in [-0.05, 0) is 18.1 Å². The summed E-state index contributed by atoms with van der Waals surface area (Å²) in [4.78, 5) is 28.1. The van der Waals surface area contributed by atoms with Gasteiger partial charge in [-0.25, -0.2) is 0 Å². The lowest BCUT2D eigenvalue weighted by Crippen LogP contribution is -2.46. The molecule has 2 fully saturated rings. The van der Waals surface area contributed by atoms with Gasteiger partial charge in [0.1, 0.15) is 11.9 Å². The first-order chi connectivity index (χ1) is 10.7. The number of hydrogen-bond donors (Lipinski definition) is 0. The Hall–Kier alpha value is -1.53. The van der Waals surface area contributed by atoms with Crippen LogP contribution in [0.3, 0.4) is 0 Å². The topological polar surface area (TPSA) is 49.9 Å². The molecular weight excluding hydrogens is 300 g/mol. The molecule has 2 heterocycles. The summed E-state index contributed by atoms with van der Waals surface area (Å²) in [6, 6.07) is 8.05. The number of hydrogen-bond acceptors (Lipinski definition) is 4. The number of carbonyl (C=O) groups excluding carboxylic acids is 2. The van der Waals surface area contributed by atoms with Crippen molar-refractivity contribution in [2.75, 3.05) is 38.6 Å². The maximum absolute atomic E-state index is 12.4. The Kier molecular flexibility index (Phi) is 4.69. The van der Waals surface area contributed by atoms with Crippen molar-refractivity contribution in [3.8, 4) is 0 Å². The summed E-state index contributed by atoms with van der Waals surface area (Å²) >= 11 is 1.60. The SMILES string of the molecule is Cc1ccccc1[C@@H]1SCC(=O)N1CC(=O)N1CCOCC1. The van der Waals surface area contributed by atoms with Gasteiger partial charge in [-0.1, -0.05) is 24.3 Å². The molecule has 2 saturated heterocycles. The Morgan fingerprint density at radius 2 is 2.05 bits per heavy atom. The van der Waals surface area contributed by atoms with Crippen LogP contribution < -0.4 is 0 Å². The molecule has 2 aliphatic rings. The van der Waals surface area contributed by atoms with Crippen molar-refractivity contribution in [3.63, 3.8) is 0 Å². The van der Waals surface area contributed by atoms with Gasteiger partial charge in [-0.15, -0.1) is 11.8 Å². The molecule has 0 N–H and O–H groups in total. The van der Waals surface area contributed by atoms with Gasteiger partial charge in [-0.3, -0.25) is 9.59 Å². The minimum atomic E-state index is -0.0568. The number of ether oxygens (including phenoxy) is 1. The van der Waals surface area contributed by atoms with E-state index in [0.717, 1.165) is 11.1 Å². The molecular formula is C16H20N2O3S. The second-order valence-corrected chi connectivity index (χ2v) is 6.60. The van der Waals surface area contributed by atoms with Gasteiger partial charge < -0.3 is 14.5 Å². The monoisotopic (exact) mass is 320 g/mol. The molecule has 22 heavy (non-hydrogen) atoms. The maximum atomic E-state index is 12.4. The van der Waals surface area contributed by atoms with Crippen LogP contribution in [0, 0.1) is 6.92 Å². The zero-order chi connectivity index (χ0) is 15.5. The van der Waals surface area contributed by atoms with Gasteiger partial charge in [0.2, 0.25) is 11.8 Å². The molecule has 1 aromatic carbocycles. The summed E-state index contributed by atoms with van der Waals surface area (Å²) in [6.45, 7) is 4.59.